The van der Waals surface area contributed by atoms with Gasteiger partial charge in [0.25, 0.3) is 0 Å². The lowest BCUT2D eigenvalue weighted by Crippen LogP contribution is -2.33. The van der Waals surface area contributed by atoms with Crippen LogP contribution in [0, 0.1) is 5.92 Å². The van der Waals surface area contributed by atoms with Crippen molar-refractivity contribution >= 4 is 17.3 Å². The molecule has 0 unspecified atom stereocenters. The number of carbonyl (C=O) groups excluding carboxylic acids is 1. The molecule has 3 nitrogen and oxygen atoms in total. The van der Waals surface area contributed by atoms with E-state index >= 15 is 0 Å². The number of hydrogen-bond acceptors (Lipinski definition) is 2. The zero-order valence-electron chi connectivity index (χ0n) is 12.8. The maximum atomic E-state index is 12.4. The van der Waals surface area contributed by atoms with Gasteiger partial charge in [0.05, 0.1) is 5.69 Å². The first-order valence-electron chi connectivity index (χ1n) is 8.25. The Hall–Kier alpha value is -1.64. The third kappa shape index (κ3) is 2.87. The van der Waals surface area contributed by atoms with Gasteiger partial charge in [0.2, 0.25) is 5.91 Å². The van der Waals surface area contributed by atoms with Gasteiger partial charge in [0.15, 0.2) is 0 Å². The largest absolute Gasteiger partial charge is 0.310 e. The van der Waals surface area contributed by atoms with E-state index in [-0.39, 0.29) is 5.91 Å². The second-order valence-electron chi connectivity index (χ2n) is 6.10. The van der Waals surface area contributed by atoms with Crippen LogP contribution in [0.3, 0.4) is 0 Å². The van der Waals surface area contributed by atoms with E-state index < -0.39 is 0 Å². The predicted octanol–water partition coefficient (Wildman–Crippen LogP) is 3.81. The minimum atomic E-state index is 0.134. The highest BCUT2D eigenvalue weighted by Gasteiger charge is 2.28. The van der Waals surface area contributed by atoms with Crippen LogP contribution < -0.4 is 4.90 Å². The fraction of sp³-hybridized carbons (Fsp3) is 0.556. The predicted molar refractivity (Wildman–Crippen MR) is 87.1 cm³/mol. The van der Waals surface area contributed by atoms with Gasteiger partial charge in [0, 0.05) is 23.7 Å². The summed E-state index contributed by atoms with van der Waals surface area (Å²) < 4.78 is 0. The summed E-state index contributed by atoms with van der Waals surface area (Å²) in [6, 6.07) is 8.31. The van der Waals surface area contributed by atoms with Crippen LogP contribution in [0.25, 0.3) is 0 Å². The van der Waals surface area contributed by atoms with Gasteiger partial charge >= 0.3 is 0 Å². The van der Waals surface area contributed by atoms with E-state index in [1.165, 1.54) is 43.4 Å². The molecule has 1 heterocycles. The highest BCUT2D eigenvalue weighted by Crippen LogP contribution is 2.32. The van der Waals surface area contributed by atoms with Gasteiger partial charge in [-0.1, -0.05) is 44.4 Å². The summed E-state index contributed by atoms with van der Waals surface area (Å²) in [6.45, 7) is 3.20. The number of nitrogens with zero attached hydrogens (tertiary/aromatic N) is 2. The van der Waals surface area contributed by atoms with Gasteiger partial charge in [0.1, 0.15) is 6.54 Å². The van der Waals surface area contributed by atoms with Gasteiger partial charge < -0.3 is 4.90 Å². The second kappa shape index (κ2) is 6.42. The molecule has 3 heteroatoms. The molecule has 1 fully saturated rings. The fourth-order valence-corrected chi connectivity index (χ4v) is 3.58. The SMILES string of the molecule is CCCN1C(=O)CN=C(C2CCCCC2)c2ccccc21. The number of fused-ring (bicyclic) bond motifs is 1. The van der Waals surface area contributed by atoms with E-state index in [0.717, 1.165) is 18.7 Å². The van der Waals surface area contributed by atoms with E-state index in [1.54, 1.807) is 0 Å². The lowest BCUT2D eigenvalue weighted by molar-refractivity contribution is -0.117. The van der Waals surface area contributed by atoms with Crippen LogP contribution in [0.15, 0.2) is 29.3 Å². The van der Waals surface area contributed by atoms with Gasteiger partial charge in [-0.2, -0.15) is 0 Å². The van der Waals surface area contributed by atoms with Gasteiger partial charge in [-0.15, -0.1) is 0 Å². The van der Waals surface area contributed by atoms with E-state index in [4.69, 9.17) is 4.99 Å². The first-order chi connectivity index (χ1) is 10.3. The number of benzodiazepines with no additional fused rings is 1. The number of para-hydroxylation sites is 1. The smallest absolute Gasteiger partial charge is 0.248 e. The number of rotatable bonds is 3. The maximum Gasteiger partial charge on any atom is 0.248 e. The Morgan fingerprint density at radius 3 is 2.71 bits per heavy atom. The van der Waals surface area contributed by atoms with Crippen LogP contribution in [-0.2, 0) is 4.79 Å². The molecule has 1 amide bonds. The molecule has 2 aliphatic rings. The van der Waals surface area contributed by atoms with Gasteiger partial charge in [-0.3, -0.25) is 9.79 Å². The minimum Gasteiger partial charge on any atom is -0.310 e. The number of carbonyl (C=O) groups is 1. The summed E-state index contributed by atoms with van der Waals surface area (Å²) in [6.07, 6.45) is 7.33. The zero-order chi connectivity index (χ0) is 14.7. The molecule has 0 spiro atoms. The quantitative estimate of drug-likeness (QED) is 0.830. The van der Waals surface area contributed by atoms with Crippen molar-refractivity contribution in [2.75, 3.05) is 18.0 Å². The molecule has 0 atom stereocenters. The Morgan fingerprint density at radius 1 is 1.19 bits per heavy atom. The van der Waals surface area contributed by atoms with Crippen LogP contribution in [-0.4, -0.2) is 24.7 Å². The van der Waals surface area contributed by atoms with Gasteiger partial charge in [-0.25, -0.2) is 0 Å². The van der Waals surface area contributed by atoms with Crippen LogP contribution in [0.5, 0.6) is 0 Å². The third-order valence-corrected chi connectivity index (χ3v) is 4.60. The highest BCUT2D eigenvalue weighted by atomic mass is 16.2. The number of amides is 1. The number of hydrogen-bond donors (Lipinski definition) is 0. The molecule has 0 bridgehead atoms. The maximum absolute atomic E-state index is 12.4. The molecule has 1 aliphatic carbocycles. The Bertz CT molecular complexity index is 544. The van der Waals surface area contributed by atoms with Crippen molar-refractivity contribution in [3.63, 3.8) is 0 Å². The van der Waals surface area contributed by atoms with Crippen LogP contribution in [0.2, 0.25) is 0 Å². The Labute approximate surface area is 127 Å². The molecular formula is C18H24N2O. The van der Waals surface area contributed by atoms with E-state index in [2.05, 4.69) is 25.1 Å². The monoisotopic (exact) mass is 284 g/mol. The standard InChI is InChI=1S/C18H24N2O/c1-2-12-20-16-11-7-6-10-15(16)18(19-13-17(20)21)14-8-4-3-5-9-14/h6-7,10-11,14H,2-5,8-9,12-13H2,1H3. The number of anilines is 1. The van der Waals surface area contributed by atoms with Crippen molar-refractivity contribution in [3.05, 3.63) is 29.8 Å². The topological polar surface area (TPSA) is 32.7 Å². The lowest BCUT2D eigenvalue weighted by atomic mass is 9.83. The van der Waals surface area contributed by atoms with Crippen molar-refractivity contribution in [2.45, 2.75) is 45.4 Å². The fourth-order valence-electron chi connectivity index (χ4n) is 3.58. The summed E-state index contributed by atoms with van der Waals surface area (Å²) in [5.41, 5.74) is 3.42. The summed E-state index contributed by atoms with van der Waals surface area (Å²) in [5.74, 6) is 0.671. The molecule has 0 saturated heterocycles. The average molecular weight is 284 g/mol. The molecule has 1 saturated carbocycles. The Morgan fingerprint density at radius 2 is 1.95 bits per heavy atom. The molecule has 112 valence electrons. The molecule has 1 aromatic rings. The molecule has 3 rings (SSSR count). The molecule has 0 aromatic heterocycles. The Kier molecular flexibility index (Phi) is 4.37. The summed E-state index contributed by atoms with van der Waals surface area (Å²) in [7, 11) is 0. The summed E-state index contributed by atoms with van der Waals surface area (Å²) in [5, 5.41) is 0. The molecule has 1 aliphatic heterocycles. The van der Waals surface area contributed by atoms with Crippen LogP contribution >= 0.6 is 0 Å². The van der Waals surface area contributed by atoms with E-state index in [9.17, 15) is 4.79 Å². The highest BCUT2D eigenvalue weighted by molar-refractivity contribution is 6.12. The number of benzene rings is 1. The summed E-state index contributed by atoms with van der Waals surface area (Å²) >= 11 is 0. The normalized spacial score (nSPS) is 20.0. The first-order valence-corrected chi connectivity index (χ1v) is 8.25. The molecule has 1 aromatic carbocycles. The lowest BCUT2D eigenvalue weighted by Gasteiger charge is -2.26. The zero-order valence-corrected chi connectivity index (χ0v) is 12.8. The van der Waals surface area contributed by atoms with Crippen molar-refractivity contribution < 1.29 is 4.79 Å². The Balaban J connectivity index is 2.00. The van der Waals surface area contributed by atoms with Crippen LogP contribution in [0.1, 0.15) is 51.0 Å². The minimum absolute atomic E-state index is 0.134. The molecular weight excluding hydrogens is 260 g/mol. The van der Waals surface area contributed by atoms with Crippen molar-refractivity contribution in [1.82, 2.24) is 0 Å². The third-order valence-electron chi connectivity index (χ3n) is 4.60. The average Bonchev–Trinajstić information content (AvgIpc) is 2.67. The first kappa shape index (κ1) is 14.3. The van der Waals surface area contributed by atoms with E-state index in [0.29, 0.717) is 12.5 Å². The molecule has 0 radical (unpaired) electrons. The molecule has 21 heavy (non-hydrogen) atoms. The number of aliphatic imine (C=N–C) groups is 1. The van der Waals surface area contributed by atoms with Crippen molar-refractivity contribution in [1.29, 1.82) is 0 Å². The second-order valence-corrected chi connectivity index (χ2v) is 6.10. The van der Waals surface area contributed by atoms with Crippen molar-refractivity contribution in [2.24, 2.45) is 10.9 Å². The molecule has 0 N–H and O–H groups in total. The van der Waals surface area contributed by atoms with E-state index in [1.807, 2.05) is 11.0 Å². The summed E-state index contributed by atoms with van der Waals surface area (Å²) in [4.78, 5) is 19.1. The van der Waals surface area contributed by atoms with Crippen molar-refractivity contribution in [3.8, 4) is 0 Å². The van der Waals surface area contributed by atoms with Crippen LogP contribution in [0.4, 0.5) is 5.69 Å². The van der Waals surface area contributed by atoms with Gasteiger partial charge in [-0.05, 0) is 25.3 Å².